The molecule has 0 saturated heterocycles. The van der Waals surface area contributed by atoms with Crippen LogP contribution in [0.2, 0.25) is 0 Å². The lowest BCUT2D eigenvalue weighted by atomic mass is 10.2. The van der Waals surface area contributed by atoms with Crippen LogP contribution < -0.4 is 15.8 Å². The fraction of sp³-hybridized carbons (Fsp3) is 0.417. The van der Waals surface area contributed by atoms with Gasteiger partial charge in [0.15, 0.2) is 0 Å². The van der Waals surface area contributed by atoms with Gasteiger partial charge in [0.1, 0.15) is 6.54 Å². The number of carbonyl (C=O) groups is 1. The summed E-state index contributed by atoms with van der Waals surface area (Å²) in [6, 6.07) is 3.74. The molecule has 0 spiro atoms. The molecule has 0 bridgehead atoms. The molecule has 1 aromatic carbocycles. The lowest BCUT2D eigenvalue weighted by Gasteiger charge is -2.15. The summed E-state index contributed by atoms with van der Waals surface area (Å²) in [5.41, 5.74) is 4.56. The maximum absolute atomic E-state index is 13.0. The number of hydrogen-bond acceptors (Lipinski definition) is 4. The molecule has 24 heavy (non-hydrogen) atoms. The second kappa shape index (κ2) is 7.40. The van der Waals surface area contributed by atoms with Gasteiger partial charge in [-0.1, -0.05) is 0 Å². The van der Waals surface area contributed by atoms with Crippen LogP contribution in [0.25, 0.3) is 0 Å². The molecule has 0 saturated carbocycles. The Balaban J connectivity index is 2.77. The van der Waals surface area contributed by atoms with Crippen LogP contribution in [0.4, 0.5) is 22.0 Å². The average Bonchev–Trinajstić information content (AvgIpc) is 2.50. The van der Waals surface area contributed by atoms with E-state index in [4.69, 9.17) is 5.73 Å². The minimum Gasteiger partial charge on any atom is -0.343 e. The molecule has 6 nitrogen and oxygen atoms in total. The van der Waals surface area contributed by atoms with Crippen molar-refractivity contribution in [2.75, 3.05) is 19.6 Å². The zero-order valence-electron chi connectivity index (χ0n) is 12.0. The Bertz CT molecular complexity index is 674. The molecule has 0 unspecified atom stereocenters. The van der Waals surface area contributed by atoms with Gasteiger partial charge >= 0.3 is 6.18 Å². The Morgan fingerprint density at radius 2 is 1.58 bits per heavy atom. The molecule has 1 rings (SSSR count). The van der Waals surface area contributed by atoms with Crippen LogP contribution >= 0.6 is 0 Å². The van der Waals surface area contributed by atoms with Crippen LogP contribution in [0.1, 0.15) is 10.4 Å². The third-order valence-corrected chi connectivity index (χ3v) is 4.11. The number of amides is 1. The molecule has 1 aromatic rings. The van der Waals surface area contributed by atoms with Crippen molar-refractivity contribution in [3.63, 3.8) is 0 Å². The standard InChI is InChI=1S/C12H14F5N3O3S/c13-11(14,5-18)6-20-24(22,23)9-3-1-8(2-4-9)10(21)19-7-12(15,16)17/h1-4,20H,5-7,18H2,(H,19,21). The number of nitrogens with two attached hydrogens (primary N) is 1. The number of alkyl halides is 5. The molecule has 0 aliphatic carbocycles. The predicted octanol–water partition coefficient (Wildman–Crippen LogP) is 0.851. The van der Waals surface area contributed by atoms with Crippen LogP contribution in [-0.4, -0.2) is 46.1 Å². The monoisotopic (exact) mass is 375 g/mol. The van der Waals surface area contributed by atoms with Gasteiger partial charge in [-0.3, -0.25) is 4.79 Å². The largest absolute Gasteiger partial charge is 0.405 e. The van der Waals surface area contributed by atoms with E-state index < -0.39 is 52.6 Å². The summed E-state index contributed by atoms with van der Waals surface area (Å²) in [4.78, 5) is 11.0. The molecule has 0 atom stereocenters. The molecule has 1 amide bonds. The van der Waals surface area contributed by atoms with Crippen molar-refractivity contribution in [2.24, 2.45) is 5.73 Å². The van der Waals surface area contributed by atoms with Gasteiger partial charge in [0.05, 0.1) is 18.0 Å². The number of sulfonamides is 1. The van der Waals surface area contributed by atoms with Gasteiger partial charge < -0.3 is 11.1 Å². The fourth-order valence-electron chi connectivity index (χ4n) is 1.42. The molecule has 0 radical (unpaired) electrons. The third-order valence-electron chi connectivity index (χ3n) is 2.70. The highest BCUT2D eigenvalue weighted by Crippen LogP contribution is 2.15. The number of rotatable bonds is 7. The highest BCUT2D eigenvalue weighted by atomic mass is 32.2. The quantitative estimate of drug-likeness (QED) is 0.615. The molecular formula is C12H14F5N3O3S. The van der Waals surface area contributed by atoms with Crippen LogP contribution in [0.3, 0.4) is 0 Å². The van der Waals surface area contributed by atoms with Gasteiger partial charge in [0.25, 0.3) is 11.8 Å². The smallest absolute Gasteiger partial charge is 0.343 e. The molecule has 4 N–H and O–H groups in total. The zero-order valence-corrected chi connectivity index (χ0v) is 12.8. The van der Waals surface area contributed by atoms with Crippen LogP contribution in [0, 0.1) is 0 Å². The van der Waals surface area contributed by atoms with Gasteiger partial charge in [-0.2, -0.15) is 13.2 Å². The van der Waals surface area contributed by atoms with Crippen molar-refractivity contribution in [3.8, 4) is 0 Å². The maximum Gasteiger partial charge on any atom is 0.405 e. The Labute approximate surface area is 134 Å². The van der Waals surface area contributed by atoms with Crippen LogP contribution in [0.5, 0.6) is 0 Å². The van der Waals surface area contributed by atoms with Crippen molar-refractivity contribution in [2.45, 2.75) is 17.0 Å². The van der Waals surface area contributed by atoms with Gasteiger partial charge in [-0.15, -0.1) is 0 Å². The van der Waals surface area contributed by atoms with E-state index in [1.54, 1.807) is 10.0 Å². The minimum absolute atomic E-state index is 0.217. The molecular weight excluding hydrogens is 361 g/mol. The maximum atomic E-state index is 13.0. The minimum atomic E-state index is -4.59. The number of nitrogens with one attached hydrogen (secondary N) is 2. The summed E-state index contributed by atoms with van der Waals surface area (Å²) in [6.07, 6.45) is -4.59. The Kier molecular flexibility index (Phi) is 6.25. The first-order valence-corrected chi connectivity index (χ1v) is 7.87. The van der Waals surface area contributed by atoms with E-state index in [2.05, 4.69) is 0 Å². The normalized spacial score (nSPS) is 12.9. The third kappa shape index (κ3) is 6.37. The van der Waals surface area contributed by atoms with Crippen molar-refractivity contribution in [3.05, 3.63) is 29.8 Å². The van der Waals surface area contributed by atoms with E-state index >= 15 is 0 Å². The summed E-state index contributed by atoms with van der Waals surface area (Å²) < 4.78 is 87.1. The van der Waals surface area contributed by atoms with E-state index in [0.717, 1.165) is 24.3 Å². The topological polar surface area (TPSA) is 101 Å². The summed E-state index contributed by atoms with van der Waals surface area (Å²) in [5, 5.41) is 1.61. The van der Waals surface area contributed by atoms with Crippen molar-refractivity contribution in [1.29, 1.82) is 0 Å². The molecule has 0 aliphatic heterocycles. The summed E-state index contributed by atoms with van der Waals surface area (Å²) >= 11 is 0. The number of benzene rings is 1. The average molecular weight is 375 g/mol. The molecule has 0 aromatic heterocycles. The van der Waals surface area contributed by atoms with Gasteiger partial charge in [0.2, 0.25) is 10.0 Å². The summed E-state index contributed by atoms with van der Waals surface area (Å²) in [5.74, 6) is -4.48. The number of carbonyl (C=O) groups excluding carboxylic acids is 1. The number of halogens is 5. The fourth-order valence-corrected chi connectivity index (χ4v) is 2.49. The van der Waals surface area contributed by atoms with Crippen LogP contribution in [0.15, 0.2) is 29.2 Å². The van der Waals surface area contributed by atoms with E-state index in [9.17, 15) is 35.2 Å². The Morgan fingerprint density at radius 1 is 1.04 bits per heavy atom. The summed E-state index contributed by atoms with van der Waals surface area (Å²) in [6.45, 7) is -3.80. The van der Waals surface area contributed by atoms with E-state index in [-0.39, 0.29) is 5.56 Å². The SMILES string of the molecule is NCC(F)(F)CNS(=O)(=O)c1ccc(C(=O)NCC(F)(F)F)cc1. The molecule has 0 aliphatic rings. The van der Waals surface area contributed by atoms with Gasteiger partial charge in [0, 0.05) is 5.56 Å². The van der Waals surface area contributed by atoms with Gasteiger partial charge in [-0.25, -0.2) is 21.9 Å². The predicted molar refractivity (Wildman–Crippen MR) is 74.0 cm³/mol. The first kappa shape index (κ1) is 20.3. The lowest BCUT2D eigenvalue weighted by Crippen LogP contribution is -2.41. The lowest BCUT2D eigenvalue weighted by molar-refractivity contribution is -0.123. The first-order chi connectivity index (χ1) is 10.9. The van der Waals surface area contributed by atoms with Gasteiger partial charge in [-0.05, 0) is 24.3 Å². The molecule has 136 valence electrons. The van der Waals surface area contributed by atoms with Crippen molar-refractivity contribution < 1.29 is 35.2 Å². The molecule has 0 heterocycles. The van der Waals surface area contributed by atoms with E-state index in [0.29, 0.717) is 0 Å². The first-order valence-electron chi connectivity index (χ1n) is 6.39. The van der Waals surface area contributed by atoms with Crippen molar-refractivity contribution in [1.82, 2.24) is 10.0 Å². The summed E-state index contributed by atoms with van der Waals surface area (Å²) in [7, 11) is -4.28. The Morgan fingerprint density at radius 3 is 2.04 bits per heavy atom. The second-order valence-electron chi connectivity index (χ2n) is 4.71. The molecule has 0 fully saturated rings. The molecule has 12 heteroatoms. The van der Waals surface area contributed by atoms with Crippen molar-refractivity contribution >= 4 is 15.9 Å². The van der Waals surface area contributed by atoms with E-state index in [1.807, 2.05) is 0 Å². The highest BCUT2D eigenvalue weighted by molar-refractivity contribution is 7.89. The van der Waals surface area contributed by atoms with E-state index in [1.165, 1.54) is 0 Å². The zero-order chi connectivity index (χ0) is 18.6. The number of hydrogen-bond donors (Lipinski definition) is 3. The highest BCUT2D eigenvalue weighted by Gasteiger charge is 2.30. The second-order valence-corrected chi connectivity index (χ2v) is 6.47. The Hall–Kier alpha value is -1.79. The van der Waals surface area contributed by atoms with Crippen LogP contribution in [-0.2, 0) is 10.0 Å².